The van der Waals surface area contributed by atoms with Crippen LogP contribution in [0.4, 0.5) is 0 Å². The highest BCUT2D eigenvalue weighted by Gasteiger charge is 2.69. The van der Waals surface area contributed by atoms with Crippen LogP contribution >= 0.6 is 0 Å². The second-order valence-electron chi connectivity index (χ2n) is 14.7. The van der Waals surface area contributed by atoms with Gasteiger partial charge in [0, 0.05) is 11.3 Å². The molecule has 7 nitrogen and oxygen atoms in total. The van der Waals surface area contributed by atoms with Crippen molar-refractivity contribution in [3.05, 3.63) is 34.8 Å². The summed E-state index contributed by atoms with van der Waals surface area (Å²) < 4.78 is 5.23. The number of amides is 1. The number of carbonyl (C=O) groups is 4. The maximum absolute atomic E-state index is 14.3. The molecule has 5 aliphatic rings. The number of carbonyl (C=O) groups excluding carboxylic acids is 4. The maximum Gasteiger partial charge on any atom is 0.308 e. The van der Waals surface area contributed by atoms with Gasteiger partial charge in [-0.3, -0.25) is 14.4 Å². The van der Waals surface area contributed by atoms with Crippen molar-refractivity contribution in [2.24, 2.45) is 62.4 Å². The van der Waals surface area contributed by atoms with Gasteiger partial charge in [-0.05, 0) is 85.5 Å². The molecule has 9 atom stereocenters. The van der Waals surface area contributed by atoms with E-state index in [0.29, 0.717) is 6.42 Å². The molecule has 0 spiro atoms. The largest absolute Gasteiger partial charge is 0.469 e. The Morgan fingerprint density at radius 1 is 1.03 bits per heavy atom. The van der Waals surface area contributed by atoms with Gasteiger partial charge in [0.2, 0.25) is 11.6 Å². The molecule has 3 saturated carbocycles. The fourth-order valence-corrected chi connectivity index (χ4v) is 10.3. The first-order chi connectivity index (χ1) is 18.0. The van der Waals surface area contributed by atoms with Crippen molar-refractivity contribution >= 4 is 23.4 Å². The Labute approximate surface area is 231 Å². The fourth-order valence-electron chi connectivity index (χ4n) is 10.3. The van der Waals surface area contributed by atoms with Crippen molar-refractivity contribution < 1.29 is 23.9 Å². The minimum absolute atomic E-state index is 0.0679. The highest BCUT2D eigenvalue weighted by atomic mass is 16.5. The van der Waals surface area contributed by atoms with Gasteiger partial charge in [0.05, 0.1) is 19.6 Å². The zero-order valence-electron chi connectivity index (χ0n) is 24.3. The van der Waals surface area contributed by atoms with E-state index in [1.165, 1.54) is 7.11 Å². The molecule has 39 heavy (non-hydrogen) atoms. The van der Waals surface area contributed by atoms with Crippen LogP contribution in [-0.4, -0.2) is 30.6 Å². The molecule has 7 heteroatoms. The molecule has 5 aliphatic carbocycles. The first kappa shape index (κ1) is 27.8. The lowest BCUT2D eigenvalue weighted by Gasteiger charge is -2.68. The molecular formula is C32H42N2O5. The van der Waals surface area contributed by atoms with Gasteiger partial charge < -0.3 is 15.3 Å². The number of rotatable bonds is 2. The van der Waals surface area contributed by atoms with E-state index in [-0.39, 0.29) is 57.4 Å². The van der Waals surface area contributed by atoms with Crippen molar-refractivity contribution in [3.63, 3.8) is 0 Å². The third-order valence-electron chi connectivity index (χ3n) is 12.4. The number of nitrogens with zero attached hydrogens (tertiary/aromatic N) is 1. The fraction of sp³-hybridized carbons (Fsp3) is 0.719. The van der Waals surface area contributed by atoms with Gasteiger partial charge in [-0.1, -0.05) is 46.3 Å². The average Bonchev–Trinajstić information content (AvgIpc) is 2.85. The Morgan fingerprint density at radius 2 is 1.69 bits per heavy atom. The normalized spacial score (nSPS) is 46.3. The predicted molar refractivity (Wildman–Crippen MR) is 145 cm³/mol. The van der Waals surface area contributed by atoms with Gasteiger partial charge in [0.15, 0.2) is 11.6 Å². The molecule has 0 aromatic heterocycles. The third kappa shape index (κ3) is 3.39. The van der Waals surface area contributed by atoms with Crippen LogP contribution in [0.15, 0.2) is 23.4 Å². The molecule has 0 radical (unpaired) electrons. The summed E-state index contributed by atoms with van der Waals surface area (Å²) in [5.41, 5.74) is 3.55. The monoisotopic (exact) mass is 534 g/mol. The Bertz CT molecular complexity index is 1290. The molecular weight excluding hydrogens is 492 g/mol. The molecule has 1 unspecified atom stereocenters. The lowest BCUT2D eigenvalue weighted by molar-refractivity contribution is -0.173. The van der Waals surface area contributed by atoms with Gasteiger partial charge in [-0.25, -0.2) is 4.85 Å². The van der Waals surface area contributed by atoms with Crippen LogP contribution in [0.3, 0.4) is 0 Å². The van der Waals surface area contributed by atoms with Crippen molar-refractivity contribution in [1.82, 2.24) is 0 Å². The van der Waals surface area contributed by atoms with Crippen LogP contribution in [0.25, 0.3) is 4.85 Å². The van der Waals surface area contributed by atoms with Crippen LogP contribution in [0.1, 0.15) is 80.1 Å². The van der Waals surface area contributed by atoms with Crippen molar-refractivity contribution in [2.45, 2.75) is 80.1 Å². The molecule has 0 heterocycles. The molecule has 210 valence electrons. The number of hydrogen-bond acceptors (Lipinski definition) is 5. The Balaban J connectivity index is 1.68. The molecule has 0 saturated heterocycles. The van der Waals surface area contributed by atoms with Crippen LogP contribution in [-0.2, 0) is 23.9 Å². The van der Waals surface area contributed by atoms with E-state index in [0.717, 1.165) is 37.7 Å². The number of hydrogen-bond donors (Lipinski definition) is 1. The van der Waals surface area contributed by atoms with Gasteiger partial charge in [0.25, 0.3) is 0 Å². The van der Waals surface area contributed by atoms with E-state index in [4.69, 9.17) is 17.0 Å². The Kier molecular flexibility index (Phi) is 5.97. The van der Waals surface area contributed by atoms with Gasteiger partial charge >= 0.3 is 5.97 Å². The molecule has 5 rings (SSSR count). The van der Waals surface area contributed by atoms with E-state index in [9.17, 15) is 19.2 Å². The number of ether oxygens (including phenoxy) is 1. The number of ketones is 2. The molecule has 0 aromatic rings. The van der Waals surface area contributed by atoms with E-state index in [1.807, 2.05) is 6.92 Å². The molecule has 0 bridgehead atoms. The second-order valence-corrected chi connectivity index (χ2v) is 14.7. The van der Waals surface area contributed by atoms with Crippen molar-refractivity contribution in [2.75, 3.05) is 7.11 Å². The average molecular weight is 535 g/mol. The lowest BCUT2D eigenvalue weighted by atomic mass is 9.35. The molecule has 1 amide bonds. The van der Waals surface area contributed by atoms with E-state index in [2.05, 4.69) is 32.5 Å². The summed E-state index contributed by atoms with van der Waals surface area (Å²) in [6.45, 7) is 20.1. The summed E-state index contributed by atoms with van der Waals surface area (Å²) in [4.78, 5) is 56.9. The number of allylic oxidation sites excluding steroid dienone is 4. The number of fused-ring (bicyclic) bond motifs is 7. The summed E-state index contributed by atoms with van der Waals surface area (Å²) in [7, 11) is 1.45. The molecule has 0 aliphatic heterocycles. The number of esters is 1. The summed E-state index contributed by atoms with van der Waals surface area (Å²) in [6, 6.07) is 0. The van der Waals surface area contributed by atoms with Gasteiger partial charge in [-0.15, -0.1) is 0 Å². The van der Waals surface area contributed by atoms with Crippen LogP contribution in [0.5, 0.6) is 0 Å². The van der Waals surface area contributed by atoms with Crippen LogP contribution < -0.4 is 5.73 Å². The van der Waals surface area contributed by atoms with Gasteiger partial charge in [0.1, 0.15) is 5.41 Å². The molecule has 2 N–H and O–H groups in total. The standard InChI is InChI=1S/C32H42N2O5/c1-28(2)14-18-17(19(15-28)26(37)39-8)9-11-31(5)24(18)21(35)13-23-29(3)16-20(34-7)25(36)32(6,27(33)38)22(29)10-12-30(23,31)4/h13,16-19,22,24H,9-12,14-15H2,1-6,8H3,(H2,33,38)/t17?,18-,19-,22-,24+,29+,30-,31-,32+/m1/s1. The summed E-state index contributed by atoms with van der Waals surface area (Å²) >= 11 is 0. The number of methoxy groups -OCH3 is 1. The highest BCUT2D eigenvalue weighted by Crippen LogP contribution is 2.73. The zero-order chi connectivity index (χ0) is 28.9. The van der Waals surface area contributed by atoms with Crippen molar-refractivity contribution in [3.8, 4) is 0 Å². The Hall–Kier alpha value is -2.75. The summed E-state index contributed by atoms with van der Waals surface area (Å²) in [5.74, 6) is -2.02. The third-order valence-corrected chi connectivity index (χ3v) is 12.4. The minimum Gasteiger partial charge on any atom is -0.469 e. The lowest BCUT2D eigenvalue weighted by Crippen LogP contribution is -2.65. The first-order valence-electron chi connectivity index (χ1n) is 14.3. The Morgan fingerprint density at radius 3 is 2.28 bits per heavy atom. The number of primary amides is 1. The predicted octanol–water partition coefficient (Wildman–Crippen LogP) is 5.05. The smallest absolute Gasteiger partial charge is 0.308 e. The molecule has 0 aromatic carbocycles. The van der Waals surface area contributed by atoms with E-state index >= 15 is 0 Å². The SMILES string of the molecule is [C-]#[N+]C1=C[C@]2(C)C3=CC(=O)[C@@H]4[C@@H]5CC(C)(C)C[C@@H](C(=O)OC)C5CC[C@@]4(C)[C@]3(C)CC[C@H]2[C@](C)(C(N)=O)C1=O. The number of Topliss-reactive ketones (excluding diaryl/α,β-unsaturated/α-hetero) is 1. The summed E-state index contributed by atoms with van der Waals surface area (Å²) in [6.07, 6.45) is 8.14. The van der Waals surface area contributed by atoms with Crippen molar-refractivity contribution in [1.29, 1.82) is 0 Å². The van der Waals surface area contributed by atoms with E-state index < -0.39 is 28.4 Å². The highest BCUT2D eigenvalue weighted by molar-refractivity contribution is 6.15. The first-order valence-corrected chi connectivity index (χ1v) is 14.3. The second kappa shape index (κ2) is 8.38. The molecule has 3 fully saturated rings. The topological polar surface area (TPSA) is 108 Å². The quantitative estimate of drug-likeness (QED) is 0.303. The van der Waals surface area contributed by atoms with Gasteiger partial charge in [-0.2, -0.15) is 0 Å². The maximum atomic E-state index is 14.3. The minimum atomic E-state index is -1.51. The zero-order valence-corrected chi connectivity index (χ0v) is 24.3. The van der Waals surface area contributed by atoms with E-state index in [1.54, 1.807) is 19.1 Å². The van der Waals surface area contributed by atoms with Crippen LogP contribution in [0, 0.1) is 63.2 Å². The summed E-state index contributed by atoms with van der Waals surface area (Å²) in [5, 5.41) is 0. The van der Waals surface area contributed by atoms with Crippen LogP contribution in [0.2, 0.25) is 0 Å². The number of nitrogens with two attached hydrogens (primary N) is 1.